The predicted octanol–water partition coefficient (Wildman–Crippen LogP) is 2.14. The Morgan fingerprint density at radius 3 is 2.59 bits per heavy atom. The summed E-state index contributed by atoms with van der Waals surface area (Å²) in [5.41, 5.74) is -0.0450. The zero-order valence-corrected chi connectivity index (χ0v) is 11.5. The number of nitrogens with zero attached hydrogens (tertiary/aromatic N) is 3. The third-order valence-electron chi connectivity index (χ3n) is 2.30. The molecule has 0 saturated carbocycles. The van der Waals surface area contributed by atoms with Crippen LogP contribution in [0, 0.1) is 0 Å². The predicted molar refractivity (Wildman–Crippen MR) is 68.7 cm³/mol. The summed E-state index contributed by atoms with van der Waals surface area (Å²) in [6.45, 7) is 6.90. The Kier molecular flexibility index (Phi) is 4.45. The van der Waals surface area contributed by atoms with Gasteiger partial charge < -0.3 is 10.0 Å². The molecular weight excluding hydrogens is 238 g/mol. The number of carbonyl (C=O) groups is 1. The normalized spacial score (nSPS) is 11.5. The van der Waals surface area contributed by atoms with Crippen molar-refractivity contribution in [2.75, 3.05) is 18.5 Å². The number of aliphatic carboxylic acids is 1. The monoisotopic (exact) mass is 257 g/mol. The second-order valence-electron chi connectivity index (χ2n) is 5.07. The van der Waals surface area contributed by atoms with Gasteiger partial charge >= 0.3 is 5.97 Å². The van der Waals surface area contributed by atoms with E-state index < -0.39 is 5.97 Å². The lowest BCUT2D eigenvalue weighted by atomic mass is 9.96. The first-order valence-electron chi connectivity index (χ1n) is 5.58. The summed E-state index contributed by atoms with van der Waals surface area (Å²) in [6.07, 6.45) is 0.811. The first kappa shape index (κ1) is 13.9. The summed E-state index contributed by atoms with van der Waals surface area (Å²) in [5, 5.41) is 9.41. The van der Waals surface area contributed by atoms with E-state index in [1.807, 2.05) is 11.9 Å². The van der Waals surface area contributed by atoms with Crippen molar-refractivity contribution in [3.63, 3.8) is 0 Å². The molecule has 0 radical (unpaired) electrons. The molecule has 0 aliphatic rings. The minimum absolute atomic E-state index is 0.0450. The number of carboxylic acids is 1. The van der Waals surface area contributed by atoms with Crippen LogP contribution in [0.4, 0.5) is 5.13 Å². The fourth-order valence-electron chi connectivity index (χ4n) is 1.24. The van der Waals surface area contributed by atoms with Crippen molar-refractivity contribution in [3.8, 4) is 0 Å². The third-order valence-corrected chi connectivity index (χ3v) is 3.13. The van der Waals surface area contributed by atoms with Crippen molar-refractivity contribution in [2.24, 2.45) is 0 Å². The van der Waals surface area contributed by atoms with Crippen molar-refractivity contribution < 1.29 is 9.90 Å². The van der Waals surface area contributed by atoms with Gasteiger partial charge in [-0.05, 0) is 6.42 Å². The molecule has 1 N–H and O–H groups in total. The maximum atomic E-state index is 10.4. The largest absolute Gasteiger partial charge is 0.481 e. The summed E-state index contributed by atoms with van der Waals surface area (Å²) in [5.74, 6) is 0.0774. The van der Waals surface area contributed by atoms with Gasteiger partial charge in [0.2, 0.25) is 5.13 Å². The van der Waals surface area contributed by atoms with Crippen LogP contribution in [0.1, 0.15) is 39.4 Å². The van der Waals surface area contributed by atoms with Crippen LogP contribution in [0.25, 0.3) is 0 Å². The van der Waals surface area contributed by atoms with Crippen LogP contribution < -0.4 is 4.90 Å². The van der Waals surface area contributed by atoms with Gasteiger partial charge in [0.1, 0.15) is 5.82 Å². The topological polar surface area (TPSA) is 66.3 Å². The molecule has 96 valence electrons. The lowest BCUT2D eigenvalue weighted by Crippen LogP contribution is -2.20. The van der Waals surface area contributed by atoms with Crippen molar-refractivity contribution in [2.45, 2.75) is 39.0 Å². The molecule has 0 aliphatic carbocycles. The van der Waals surface area contributed by atoms with Gasteiger partial charge in [0.15, 0.2) is 0 Å². The Labute approximate surface area is 106 Å². The fourth-order valence-corrected chi connectivity index (χ4v) is 2.08. The standard InChI is InChI=1S/C11H19N3O2S/c1-11(2,3)9-12-10(17-13-9)14(4)7-5-6-8(15)16/h5-7H2,1-4H3,(H,15,16). The number of aromatic nitrogens is 2. The number of rotatable bonds is 5. The second kappa shape index (κ2) is 5.44. The molecule has 0 fully saturated rings. The van der Waals surface area contributed by atoms with Gasteiger partial charge in [-0.3, -0.25) is 4.79 Å². The molecule has 0 saturated heterocycles. The minimum Gasteiger partial charge on any atom is -0.481 e. The summed E-state index contributed by atoms with van der Waals surface area (Å²) < 4.78 is 4.32. The summed E-state index contributed by atoms with van der Waals surface area (Å²) >= 11 is 1.36. The first-order chi connectivity index (χ1) is 7.80. The maximum absolute atomic E-state index is 10.4. The molecule has 1 aromatic rings. The molecule has 1 aromatic heterocycles. The molecule has 0 spiro atoms. The van der Waals surface area contributed by atoms with E-state index in [0.717, 1.165) is 11.0 Å². The Morgan fingerprint density at radius 1 is 1.47 bits per heavy atom. The van der Waals surface area contributed by atoms with Crippen LogP contribution in [0.5, 0.6) is 0 Å². The molecular formula is C11H19N3O2S. The lowest BCUT2D eigenvalue weighted by Gasteiger charge is -2.15. The van der Waals surface area contributed by atoms with Crippen LogP contribution >= 0.6 is 11.5 Å². The van der Waals surface area contributed by atoms with Crippen LogP contribution in [-0.4, -0.2) is 34.0 Å². The van der Waals surface area contributed by atoms with Gasteiger partial charge in [-0.2, -0.15) is 4.37 Å². The summed E-state index contributed by atoms with van der Waals surface area (Å²) in [4.78, 5) is 16.8. The van der Waals surface area contributed by atoms with E-state index in [9.17, 15) is 4.79 Å². The summed E-state index contributed by atoms with van der Waals surface area (Å²) in [7, 11) is 1.91. The van der Waals surface area contributed by atoms with E-state index in [0.29, 0.717) is 13.0 Å². The van der Waals surface area contributed by atoms with Crippen LogP contribution in [0.2, 0.25) is 0 Å². The zero-order valence-electron chi connectivity index (χ0n) is 10.7. The van der Waals surface area contributed by atoms with Gasteiger partial charge in [0.25, 0.3) is 0 Å². The van der Waals surface area contributed by atoms with E-state index in [1.54, 1.807) is 0 Å². The van der Waals surface area contributed by atoms with E-state index in [-0.39, 0.29) is 11.8 Å². The molecule has 1 rings (SSSR count). The molecule has 1 heterocycles. The molecule has 0 aromatic carbocycles. The highest BCUT2D eigenvalue weighted by atomic mass is 32.1. The Balaban J connectivity index is 2.55. The Morgan fingerprint density at radius 2 is 2.12 bits per heavy atom. The van der Waals surface area contributed by atoms with Crippen LogP contribution in [-0.2, 0) is 10.2 Å². The molecule has 6 heteroatoms. The molecule has 0 amide bonds. The maximum Gasteiger partial charge on any atom is 0.303 e. The Hall–Kier alpha value is -1.17. The quantitative estimate of drug-likeness (QED) is 0.875. The highest BCUT2D eigenvalue weighted by Crippen LogP contribution is 2.24. The van der Waals surface area contributed by atoms with Gasteiger partial charge in [0, 0.05) is 37.0 Å². The molecule has 0 bridgehead atoms. The number of hydrogen-bond acceptors (Lipinski definition) is 5. The zero-order chi connectivity index (χ0) is 13.1. The van der Waals surface area contributed by atoms with Crippen LogP contribution in [0.3, 0.4) is 0 Å². The molecule has 0 unspecified atom stereocenters. The fraction of sp³-hybridized carbons (Fsp3) is 0.727. The average molecular weight is 257 g/mol. The highest BCUT2D eigenvalue weighted by Gasteiger charge is 2.20. The molecule has 17 heavy (non-hydrogen) atoms. The Bertz CT molecular complexity index is 384. The minimum atomic E-state index is -0.758. The van der Waals surface area contributed by atoms with Gasteiger partial charge in [0.05, 0.1) is 0 Å². The van der Waals surface area contributed by atoms with Crippen molar-refractivity contribution in [3.05, 3.63) is 5.82 Å². The van der Waals surface area contributed by atoms with E-state index >= 15 is 0 Å². The molecule has 0 aliphatic heterocycles. The van der Waals surface area contributed by atoms with E-state index in [2.05, 4.69) is 30.1 Å². The SMILES string of the molecule is CN(CCCC(=O)O)c1nc(C(C)(C)C)ns1. The molecule has 5 nitrogen and oxygen atoms in total. The molecule has 0 atom stereocenters. The van der Waals surface area contributed by atoms with Crippen molar-refractivity contribution >= 4 is 22.6 Å². The van der Waals surface area contributed by atoms with Gasteiger partial charge in [-0.1, -0.05) is 20.8 Å². The smallest absolute Gasteiger partial charge is 0.303 e. The number of hydrogen-bond donors (Lipinski definition) is 1. The van der Waals surface area contributed by atoms with Crippen molar-refractivity contribution in [1.82, 2.24) is 9.36 Å². The summed E-state index contributed by atoms with van der Waals surface area (Å²) in [6, 6.07) is 0. The third kappa shape index (κ3) is 4.30. The highest BCUT2D eigenvalue weighted by molar-refractivity contribution is 7.09. The first-order valence-corrected chi connectivity index (χ1v) is 6.35. The number of carboxylic acid groups (broad SMARTS) is 1. The van der Waals surface area contributed by atoms with Gasteiger partial charge in [-0.25, -0.2) is 4.98 Å². The van der Waals surface area contributed by atoms with E-state index in [1.165, 1.54) is 11.5 Å². The lowest BCUT2D eigenvalue weighted by molar-refractivity contribution is -0.137. The van der Waals surface area contributed by atoms with E-state index in [4.69, 9.17) is 5.11 Å². The van der Waals surface area contributed by atoms with Crippen LogP contribution in [0.15, 0.2) is 0 Å². The number of anilines is 1. The van der Waals surface area contributed by atoms with Crippen molar-refractivity contribution in [1.29, 1.82) is 0 Å². The second-order valence-corrected chi connectivity index (χ2v) is 5.80. The average Bonchev–Trinajstić information content (AvgIpc) is 2.64. The van der Waals surface area contributed by atoms with Gasteiger partial charge in [-0.15, -0.1) is 0 Å².